The highest BCUT2D eigenvalue weighted by Gasteiger charge is 2.26. The molecule has 1 atom stereocenters. The van der Waals surface area contributed by atoms with Gasteiger partial charge in [-0.25, -0.2) is 0 Å². The fraction of sp³-hybridized carbons (Fsp3) is 0.364. The first-order valence-electron chi connectivity index (χ1n) is 9.31. The molecule has 28 heavy (non-hydrogen) atoms. The monoisotopic (exact) mass is 384 g/mol. The molecule has 1 N–H and O–H groups in total. The molecule has 0 radical (unpaired) electrons. The van der Waals surface area contributed by atoms with Crippen molar-refractivity contribution in [3.05, 3.63) is 60.2 Å². The number of methoxy groups -OCH3 is 1. The fourth-order valence-electron chi connectivity index (χ4n) is 2.67. The Balaban J connectivity index is 2.09. The van der Waals surface area contributed by atoms with Gasteiger partial charge in [0.15, 0.2) is 6.61 Å². The topological polar surface area (TPSA) is 67.9 Å². The molecule has 0 heterocycles. The summed E-state index contributed by atoms with van der Waals surface area (Å²) < 4.78 is 10.7. The van der Waals surface area contributed by atoms with Crippen LogP contribution in [0.25, 0.3) is 0 Å². The van der Waals surface area contributed by atoms with E-state index >= 15 is 0 Å². The van der Waals surface area contributed by atoms with Crippen LogP contribution in [0.15, 0.2) is 54.6 Å². The Bertz CT molecular complexity index is 760. The molecular formula is C22H28N2O4. The van der Waals surface area contributed by atoms with Crippen LogP contribution in [0.5, 0.6) is 11.5 Å². The minimum absolute atomic E-state index is 0.000763. The summed E-state index contributed by atoms with van der Waals surface area (Å²) in [6.07, 6.45) is 0. The lowest BCUT2D eigenvalue weighted by Crippen LogP contribution is -2.50. The number of ether oxygens (including phenoxy) is 2. The van der Waals surface area contributed by atoms with Crippen molar-refractivity contribution < 1.29 is 19.1 Å². The molecule has 2 aromatic carbocycles. The number of nitrogens with one attached hydrogen (secondary N) is 1. The van der Waals surface area contributed by atoms with Gasteiger partial charge in [-0.15, -0.1) is 0 Å². The Morgan fingerprint density at radius 1 is 0.964 bits per heavy atom. The van der Waals surface area contributed by atoms with Gasteiger partial charge >= 0.3 is 0 Å². The van der Waals surface area contributed by atoms with Crippen LogP contribution in [0.1, 0.15) is 26.3 Å². The Kier molecular flexibility index (Phi) is 7.87. The quantitative estimate of drug-likeness (QED) is 0.722. The third-order valence-corrected chi connectivity index (χ3v) is 4.22. The summed E-state index contributed by atoms with van der Waals surface area (Å²) in [5.74, 6) is 0.825. The first-order valence-corrected chi connectivity index (χ1v) is 9.31. The normalized spacial score (nSPS) is 11.6. The molecule has 0 aliphatic rings. The van der Waals surface area contributed by atoms with Crippen molar-refractivity contribution >= 4 is 11.8 Å². The standard InChI is InChI=1S/C22H28N2O4/c1-16(2)23-22(26)17(3)24(14-18-8-6-5-7-9-18)21(25)15-28-20-12-10-19(27-4)11-13-20/h5-13,16-17H,14-15H2,1-4H3,(H,23,26)/t17-/m0/s1. The summed E-state index contributed by atoms with van der Waals surface area (Å²) >= 11 is 0. The lowest BCUT2D eigenvalue weighted by molar-refractivity contribution is -0.142. The van der Waals surface area contributed by atoms with Gasteiger partial charge in [0.1, 0.15) is 17.5 Å². The minimum atomic E-state index is -0.616. The highest BCUT2D eigenvalue weighted by atomic mass is 16.5. The SMILES string of the molecule is COc1ccc(OCC(=O)N(Cc2ccccc2)[C@@H](C)C(=O)NC(C)C)cc1. The van der Waals surface area contributed by atoms with Gasteiger partial charge in [0.25, 0.3) is 5.91 Å². The van der Waals surface area contributed by atoms with E-state index in [0.717, 1.165) is 5.56 Å². The zero-order valence-corrected chi connectivity index (χ0v) is 16.8. The molecule has 2 rings (SSSR count). The summed E-state index contributed by atoms with van der Waals surface area (Å²) in [4.78, 5) is 26.9. The van der Waals surface area contributed by atoms with Gasteiger partial charge in [0, 0.05) is 12.6 Å². The Morgan fingerprint density at radius 2 is 1.57 bits per heavy atom. The molecule has 0 fully saturated rings. The summed E-state index contributed by atoms with van der Waals surface area (Å²) in [7, 11) is 1.59. The molecule has 6 heteroatoms. The van der Waals surface area contributed by atoms with Crippen molar-refractivity contribution in [1.82, 2.24) is 10.2 Å². The van der Waals surface area contributed by atoms with E-state index in [4.69, 9.17) is 9.47 Å². The van der Waals surface area contributed by atoms with Gasteiger partial charge in [-0.1, -0.05) is 30.3 Å². The largest absolute Gasteiger partial charge is 0.497 e. The molecule has 0 saturated carbocycles. The number of carbonyl (C=O) groups excluding carboxylic acids is 2. The third-order valence-electron chi connectivity index (χ3n) is 4.22. The van der Waals surface area contributed by atoms with E-state index in [2.05, 4.69) is 5.32 Å². The molecule has 6 nitrogen and oxygen atoms in total. The van der Waals surface area contributed by atoms with Crippen molar-refractivity contribution in [3.63, 3.8) is 0 Å². The molecule has 0 spiro atoms. The van der Waals surface area contributed by atoms with Crippen molar-refractivity contribution in [1.29, 1.82) is 0 Å². The maximum atomic E-state index is 12.9. The van der Waals surface area contributed by atoms with Crippen molar-refractivity contribution in [2.45, 2.75) is 39.4 Å². The lowest BCUT2D eigenvalue weighted by Gasteiger charge is -2.29. The van der Waals surface area contributed by atoms with E-state index in [-0.39, 0.29) is 24.5 Å². The average molecular weight is 384 g/mol. The first-order chi connectivity index (χ1) is 13.4. The molecule has 150 valence electrons. The lowest BCUT2D eigenvalue weighted by atomic mass is 10.1. The number of amides is 2. The van der Waals surface area contributed by atoms with Crippen LogP contribution in [0.4, 0.5) is 0 Å². The third kappa shape index (κ3) is 6.30. The van der Waals surface area contributed by atoms with Gasteiger partial charge < -0.3 is 19.7 Å². The molecular weight excluding hydrogens is 356 g/mol. The maximum absolute atomic E-state index is 12.9. The van der Waals surface area contributed by atoms with Gasteiger partial charge in [-0.05, 0) is 50.6 Å². The average Bonchev–Trinajstić information content (AvgIpc) is 2.70. The summed E-state index contributed by atoms with van der Waals surface area (Å²) in [5, 5.41) is 2.86. The van der Waals surface area contributed by atoms with Crippen LogP contribution in [0.3, 0.4) is 0 Å². The number of nitrogens with zero attached hydrogens (tertiary/aromatic N) is 1. The second-order valence-corrected chi connectivity index (χ2v) is 6.81. The molecule has 2 aromatic rings. The smallest absolute Gasteiger partial charge is 0.261 e. The van der Waals surface area contributed by atoms with Crippen LogP contribution < -0.4 is 14.8 Å². The second-order valence-electron chi connectivity index (χ2n) is 6.81. The zero-order valence-electron chi connectivity index (χ0n) is 16.8. The van der Waals surface area contributed by atoms with E-state index in [0.29, 0.717) is 18.0 Å². The van der Waals surface area contributed by atoms with Crippen molar-refractivity contribution in [2.24, 2.45) is 0 Å². The maximum Gasteiger partial charge on any atom is 0.261 e. The van der Waals surface area contributed by atoms with Crippen LogP contribution in [-0.4, -0.2) is 42.5 Å². The van der Waals surface area contributed by atoms with Crippen molar-refractivity contribution in [2.75, 3.05) is 13.7 Å². The molecule has 0 aliphatic heterocycles. The number of hydrogen-bond donors (Lipinski definition) is 1. The molecule has 0 unspecified atom stereocenters. The van der Waals surface area contributed by atoms with Crippen LogP contribution in [0, 0.1) is 0 Å². The highest BCUT2D eigenvalue weighted by molar-refractivity contribution is 5.88. The first kappa shape index (κ1) is 21.3. The summed E-state index contributed by atoms with van der Waals surface area (Å²) in [5.41, 5.74) is 0.949. The minimum Gasteiger partial charge on any atom is -0.497 e. The predicted octanol–water partition coefficient (Wildman–Crippen LogP) is 3.02. The molecule has 0 aliphatic carbocycles. The number of benzene rings is 2. The number of hydrogen-bond acceptors (Lipinski definition) is 4. The van der Waals surface area contributed by atoms with E-state index in [1.54, 1.807) is 38.3 Å². The van der Waals surface area contributed by atoms with E-state index in [9.17, 15) is 9.59 Å². The molecule has 0 aromatic heterocycles. The summed E-state index contributed by atoms with van der Waals surface area (Å²) in [6.45, 7) is 5.68. The second kappa shape index (κ2) is 10.3. The zero-order chi connectivity index (χ0) is 20.5. The molecule has 2 amide bonds. The van der Waals surface area contributed by atoms with E-state index in [1.807, 2.05) is 44.2 Å². The number of rotatable bonds is 9. The Labute approximate surface area is 166 Å². The molecule has 0 bridgehead atoms. The number of carbonyl (C=O) groups is 2. The van der Waals surface area contributed by atoms with Gasteiger partial charge in [-0.2, -0.15) is 0 Å². The summed E-state index contributed by atoms with van der Waals surface area (Å²) in [6, 6.07) is 16.0. The predicted molar refractivity (Wildman–Crippen MR) is 108 cm³/mol. The van der Waals surface area contributed by atoms with Crippen LogP contribution in [0.2, 0.25) is 0 Å². The Hall–Kier alpha value is -3.02. The van der Waals surface area contributed by atoms with Crippen LogP contribution in [-0.2, 0) is 16.1 Å². The van der Waals surface area contributed by atoms with Crippen molar-refractivity contribution in [3.8, 4) is 11.5 Å². The fourth-order valence-corrected chi connectivity index (χ4v) is 2.67. The van der Waals surface area contributed by atoms with Crippen LogP contribution >= 0.6 is 0 Å². The molecule has 0 saturated heterocycles. The van der Waals surface area contributed by atoms with E-state index < -0.39 is 6.04 Å². The van der Waals surface area contributed by atoms with Gasteiger partial charge in [-0.3, -0.25) is 9.59 Å². The van der Waals surface area contributed by atoms with E-state index in [1.165, 1.54) is 4.90 Å². The van der Waals surface area contributed by atoms with Gasteiger partial charge in [0.2, 0.25) is 5.91 Å². The highest BCUT2D eigenvalue weighted by Crippen LogP contribution is 2.17. The van der Waals surface area contributed by atoms with Gasteiger partial charge in [0.05, 0.1) is 7.11 Å². The Morgan fingerprint density at radius 3 is 2.14 bits per heavy atom.